The average molecular weight is 496 g/mol. The molecule has 1 saturated carbocycles. The Bertz CT molecular complexity index is 1400. The fourth-order valence-corrected chi connectivity index (χ4v) is 6.72. The standard InChI is InChI=1S/C26H22ClNO5S/c1-15-3-10-19(11-4-15)34(31,32)28-22-12-9-18(33-2)13-20(22)24-25(28)21(26(24)30)14-23(29)16-5-7-17(27)8-6-16/h3-13,21,24-25H,14H2,1-2H3/t21-,24-,25-/m1/s1. The Balaban J connectivity index is 1.55. The monoisotopic (exact) mass is 495 g/mol. The lowest BCUT2D eigenvalue weighted by atomic mass is 9.65. The van der Waals surface area contributed by atoms with Crippen LogP contribution in [0.25, 0.3) is 0 Å². The van der Waals surface area contributed by atoms with Gasteiger partial charge >= 0.3 is 0 Å². The van der Waals surface area contributed by atoms with Gasteiger partial charge in [0.15, 0.2) is 5.78 Å². The van der Waals surface area contributed by atoms with Crippen molar-refractivity contribution in [1.29, 1.82) is 0 Å². The second-order valence-corrected chi connectivity index (χ2v) is 10.9. The Morgan fingerprint density at radius 2 is 1.71 bits per heavy atom. The first-order valence-corrected chi connectivity index (χ1v) is 12.7. The molecule has 0 unspecified atom stereocenters. The van der Waals surface area contributed by atoms with E-state index in [1.54, 1.807) is 66.7 Å². The van der Waals surface area contributed by atoms with E-state index in [2.05, 4.69) is 0 Å². The number of fused-ring (bicyclic) bond motifs is 3. The molecule has 0 spiro atoms. The van der Waals surface area contributed by atoms with Crippen LogP contribution in [-0.2, 0) is 14.8 Å². The van der Waals surface area contributed by atoms with E-state index in [0.717, 1.165) is 5.56 Å². The average Bonchev–Trinajstić information content (AvgIpc) is 3.14. The van der Waals surface area contributed by atoms with Gasteiger partial charge in [-0.05, 0) is 67.1 Å². The van der Waals surface area contributed by atoms with Crippen molar-refractivity contribution in [2.75, 3.05) is 11.4 Å². The molecule has 8 heteroatoms. The summed E-state index contributed by atoms with van der Waals surface area (Å²) in [5, 5.41) is 0.506. The maximum absolute atomic E-state index is 13.8. The highest BCUT2D eigenvalue weighted by Crippen LogP contribution is 2.56. The van der Waals surface area contributed by atoms with Crippen LogP contribution in [-0.4, -0.2) is 33.1 Å². The van der Waals surface area contributed by atoms with Gasteiger partial charge in [0, 0.05) is 22.9 Å². The molecule has 0 saturated heterocycles. The van der Waals surface area contributed by atoms with E-state index in [1.807, 2.05) is 6.92 Å². The molecule has 3 aromatic rings. The summed E-state index contributed by atoms with van der Waals surface area (Å²) in [7, 11) is -2.45. The Labute approximate surface area is 203 Å². The van der Waals surface area contributed by atoms with E-state index in [-0.39, 0.29) is 22.9 Å². The molecule has 0 radical (unpaired) electrons. The van der Waals surface area contributed by atoms with Gasteiger partial charge in [0.25, 0.3) is 10.0 Å². The van der Waals surface area contributed by atoms with E-state index >= 15 is 0 Å². The van der Waals surface area contributed by atoms with Crippen molar-refractivity contribution >= 4 is 38.9 Å². The van der Waals surface area contributed by atoms with E-state index in [1.165, 1.54) is 11.4 Å². The third kappa shape index (κ3) is 3.51. The van der Waals surface area contributed by atoms with Crippen LogP contribution in [0.4, 0.5) is 5.69 Å². The normalized spacial score (nSPS) is 21.0. The van der Waals surface area contributed by atoms with E-state index < -0.39 is 27.9 Å². The van der Waals surface area contributed by atoms with Gasteiger partial charge in [-0.2, -0.15) is 0 Å². The Hall–Kier alpha value is -3.16. The first kappa shape index (κ1) is 22.6. The molecule has 6 nitrogen and oxygen atoms in total. The number of carbonyl (C=O) groups excluding carboxylic acids is 2. The first-order chi connectivity index (χ1) is 16.2. The molecule has 0 N–H and O–H groups in total. The summed E-state index contributed by atoms with van der Waals surface area (Å²) in [6.07, 6.45) is -0.0767. The van der Waals surface area contributed by atoms with Crippen LogP contribution >= 0.6 is 11.6 Å². The van der Waals surface area contributed by atoms with Crippen LogP contribution in [0.5, 0.6) is 5.75 Å². The third-order valence-corrected chi connectivity index (χ3v) is 8.73. The molecule has 1 fully saturated rings. The smallest absolute Gasteiger partial charge is 0.264 e. The predicted octanol–water partition coefficient (Wildman–Crippen LogP) is 4.79. The molecule has 2 aliphatic rings. The molecular formula is C26H22ClNO5S. The van der Waals surface area contributed by atoms with Crippen LogP contribution in [0.1, 0.15) is 33.8 Å². The molecule has 3 aromatic carbocycles. The number of anilines is 1. The minimum atomic E-state index is -3.97. The number of aryl methyl sites for hydroxylation is 1. The highest BCUT2D eigenvalue weighted by atomic mass is 35.5. The molecule has 5 rings (SSSR count). The number of nitrogens with zero attached hydrogens (tertiary/aromatic N) is 1. The van der Waals surface area contributed by atoms with Crippen LogP contribution in [0.3, 0.4) is 0 Å². The molecule has 34 heavy (non-hydrogen) atoms. The van der Waals surface area contributed by atoms with Crippen molar-refractivity contribution in [2.24, 2.45) is 5.92 Å². The molecule has 0 amide bonds. The quantitative estimate of drug-likeness (QED) is 0.459. The van der Waals surface area contributed by atoms with Gasteiger partial charge in [-0.15, -0.1) is 0 Å². The number of carbonyl (C=O) groups is 2. The molecule has 0 aromatic heterocycles. The summed E-state index contributed by atoms with van der Waals surface area (Å²) < 4.78 is 34.2. The van der Waals surface area contributed by atoms with Crippen molar-refractivity contribution < 1.29 is 22.7 Å². The predicted molar refractivity (Wildman–Crippen MR) is 129 cm³/mol. The number of halogens is 1. The number of sulfonamides is 1. The third-order valence-electron chi connectivity index (χ3n) is 6.65. The van der Waals surface area contributed by atoms with E-state index in [9.17, 15) is 18.0 Å². The number of Topliss-reactive ketones (excluding diaryl/α,β-unsaturated/α-hetero) is 2. The zero-order valence-corrected chi connectivity index (χ0v) is 20.1. The lowest BCUT2D eigenvalue weighted by molar-refractivity contribution is -0.132. The number of hydrogen-bond acceptors (Lipinski definition) is 5. The van der Waals surface area contributed by atoms with Gasteiger partial charge in [-0.1, -0.05) is 29.3 Å². The van der Waals surface area contributed by atoms with E-state index in [0.29, 0.717) is 27.6 Å². The van der Waals surface area contributed by atoms with Gasteiger partial charge in [0.1, 0.15) is 11.5 Å². The summed E-state index contributed by atoms with van der Waals surface area (Å²) in [5.41, 5.74) is 2.44. The van der Waals surface area contributed by atoms with Crippen molar-refractivity contribution in [3.63, 3.8) is 0 Å². The summed E-state index contributed by atoms with van der Waals surface area (Å²) in [4.78, 5) is 26.3. The maximum atomic E-state index is 13.8. The van der Waals surface area contributed by atoms with Crippen molar-refractivity contribution in [3.05, 3.63) is 88.4 Å². The second kappa shape index (κ2) is 8.25. The van der Waals surface area contributed by atoms with Gasteiger partial charge in [-0.25, -0.2) is 8.42 Å². The lowest BCUT2D eigenvalue weighted by Crippen LogP contribution is -2.57. The summed E-state index contributed by atoms with van der Waals surface area (Å²) >= 11 is 5.92. The fraction of sp³-hybridized carbons (Fsp3) is 0.231. The van der Waals surface area contributed by atoms with Crippen LogP contribution in [0, 0.1) is 12.8 Å². The Morgan fingerprint density at radius 3 is 2.35 bits per heavy atom. The molecule has 1 aliphatic carbocycles. The molecule has 3 atom stereocenters. The number of methoxy groups -OCH3 is 1. The highest BCUT2D eigenvalue weighted by molar-refractivity contribution is 7.93. The van der Waals surface area contributed by atoms with Crippen LogP contribution in [0.2, 0.25) is 5.02 Å². The number of ketones is 2. The lowest BCUT2D eigenvalue weighted by Gasteiger charge is -2.42. The van der Waals surface area contributed by atoms with Gasteiger partial charge in [0.05, 0.1) is 29.7 Å². The summed E-state index contributed by atoms with van der Waals surface area (Å²) in [5.74, 6) is -1.20. The first-order valence-electron chi connectivity index (χ1n) is 10.8. The largest absolute Gasteiger partial charge is 0.497 e. The minimum Gasteiger partial charge on any atom is -0.497 e. The zero-order chi connectivity index (χ0) is 24.2. The summed E-state index contributed by atoms with van der Waals surface area (Å²) in [6, 6.07) is 17.5. The molecule has 174 valence electrons. The van der Waals surface area contributed by atoms with Crippen molar-refractivity contribution in [1.82, 2.24) is 0 Å². The van der Waals surface area contributed by atoms with Crippen LogP contribution in [0.15, 0.2) is 71.6 Å². The number of ether oxygens (including phenoxy) is 1. The topological polar surface area (TPSA) is 80.8 Å². The van der Waals surface area contributed by atoms with Crippen molar-refractivity contribution in [3.8, 4) is 5.75 Å². The number of rotatable bonds is 6. The molecule has 1 aliphatic heterocycles. The molecule has 1 heterocycles. The fourth-order valence-electron chi connectivity index (χ4n) is 4.88. The molecular weight excluding hydrogens is 474 g/mol. The SMILES string of the molecule is COc1ccc2c(c1)[C@H]1C(=O)[C@H](CC(=O)c3ccc(Cl)cc3)[C@H]1N2S(=O)(=O)c1ccc(C)cc1. The Kier molecular flexibility index (Phi) is 5.49. The van der Waals surface area contributed by atoms with Gasteiger partial charge < -0.3 is 4.74 Å². The van der Waals surface area contributed by atoms with E-state index in [4.69, 9.17) is 16.3 Å². The summed E-state index contributed by atoms with van der Waals surface area (Å²) in [6.45, 7) is 1.88. The number of hydrogen-bond donors (Lipinski definition) is 0. The van der Waals surface area contributed by atoms with Crippen molar-refractivity contribution in [2.45, 2.75) is 30.2 Å². The second-order valence-electron chi connectivity index (χ2n) is 8.65. The maximum Gasteiger partial charge on any atom is 0.264 e. The minimum absolute atomic E-state index is 0.0767. The zero-order valence-electron chi connectivity index (χ0n) is 18.6. The Morgan fingerprint density at radius 1 is 1.03 bits per heavy atom. The molecule has 0 bridgehead atoms. The van der Waals surface area contributed by atoms with Gasteiger partial charge in [0.2, 0.25) is 0 Å². The number of benzene rings is 3. The van der Waals surface area contributed by atoms with Gasteiger partial charge in [-0.3, -0.25) is 13.9 Å². The van der Waals surface area contributed by atoms with Crippen LogP contribution < -0.4 is 9.04 Å². The highest BCUT2D eigenvalue weighted by Gasteiger charge is 2.61.